The van der Waals surface area contributed by atoms with E-state index in [9.17, 15) is 4.79 Å². The molecule has 0 radical (unpaired) electrons. The molecule has 0 atom stereocenters. The Labute approximate surface area is 137 Å². The van der Waals surface area contributed by atoms with Crippen LogP contribution in [0.3, 0.4) is 0 Å². The monoisotopic (exact) mass is 328 g/mol. The molecule has 0 fully saturated rings. The summed E-state index contributed by atoms with van der Waals surface area (Å²) in [5.41, 5.74) is 9.77. The molecule has 3 rings (SSSR count). The van der Waals surface area contributed by atoms with E-state index in [2.05, 4.69) is 25.3 Å². The molecule has 1 amide bonds. The van der Waals surface area contributed by atoms with Crippen LogP contribution in [0.2, 0.25) is 0 Å². The third-order valence-electron chi connectivity index (χ3n) is 3.38. The Morgan fingerprint density at radius 2 is 2.04 bits per heavy atom. The summed E-state index contributed by atoms with van der Waals surface area (Å²) in [6.07, 6.45) is 1.36. The Bertz CT molecular complexity index is 855. The first kappa shape index (κ1) is 15.3. The Hall–Kier alpha value is -2.61. The number of nitrogen functional groups attached to an aromatic ring is 1. The van der Waals surface area contributed by atoms with Crippen molar-refractivity contribution in [1.29, 1.82) is 0 Å². The number of amides is 1. The van der Waals surface area contributed by atoms with Gasteiger partial charge in [-0.25, -0.2) is 15.0 Å². The highest BCUT2D eigenvalue weighted by Crippen LogP contribution is 2.22. The number of hydrogen-bond donors (Lipinski definition) is 3. The smallest absolute Gasteiger partial charge is 0.234 e. The number of fused-ring (bicyclic) bond motifs is 1. The predicted molar refractivity (Wildman–Crippen MR) is 91.4 cm³/mol. The number of anilines is 2. The van der Waals surface area contributed by atoms with Crippen LogP contribution in [0.1, 0.15) is 11.1 Å². The van der Waals surface area contributed by atoms with Gasteiger partial charge in [0.25, 0.3) is 0 Å². The number of aromatic nitrogens is 4. The Morgan fingerprint density at radius 3 is 2.74 bits per heavy atom. The zero-order valence-electron chi connectivity index (χ0n) is 12.8. The molecule has 23 heavy (non-hydrogen) atoms. The fraction of sp³-hybridized carbons (Fsp3) is 0.200. The minimum atomic E-state index is -0.0908. The van der Waals surface area contributed by atoms with Crippen molar-refractivity contribution in [3.8, 4) is 0 Å². The average Bonchev–Trinajstić information content (AvgIpc) is 2.94. The highest BCUT2D eigenvalue weighted by molar-refractivity contribution is 7.99. The van der Waals surface area contributed by atoms with Crippen molar-refractivity contribution in [2.75, 3.05) is 16.8 Å². The van der Waals surface area contributed by atoms with Gasteiger partial charge in [0, 0.05) is 5.69 Å². The number of carbonyl (C=O) groups is 1. The maximum atomic E-state index is 12.1. The number of imidazole rings is 1. The van der Waals surface area contributed by atoms with E-state index in [1.54, 1.807) is 0 Å². The number of aromatic amines is 1. The molecule has 118 valence electrons. The van der Waals surface area contributed by atoms with Gasteiger partial charge in [0.05, 0.1) is 5.75 Å². The van der Waals surface area contributed by atoms with Crippen LogP contribution in [0.15, 0.2) is 29.7 Å². The van der Waals surface area contributed by atoms with Crippen LogP contribution in [0, 0.1) is 13.8 Å². The normalized spacial score (nSPS) is 10.9. The van der Waals surface area contributed by atoms with Gasteiger partial charge in [-0.2, -0.15) is 0 Å². The molecule has 0 aliphatic rings. The molecule has 0 bridgehead atoms. The number of aryl methyl sites for hydroxylation is 2. The van der Waals surface area contributed by atoms with Crippen LogP contribution in [0.4, 0.5) is 11.5 Å². The SMILES string of the molecule is Cc1cccc(C)c1NC(=O)CSc1nc2ncnc(N)c2[nH]1. The molecule has 0 spiro atoms. The number of benzene rings is 1. The van der Waals surface area contributed by atoms with Crippen LogP contribution in [0.25, 0.3) is 11.2 Å². The van der Waals surface area contributed by atoms with Crippen molar-refractivity contribution in [2.45, 2.75) is 19.0 Å². The van der Waals surface area contributed by atoms with Crippen LogP contribution in [-0.4, -0.2) is 31.6 Å². The highest BCUT2D eigenvalue weighted by atomic mass is 32.2. The van der Waals surface area contributed by atoms with Gasteiger partial charge < -0.3 is 16.0 Å². The summed E-state index contributed by atoms with van der Waals surface area (Å²) < 4.78 is 0. The standard InChI is InChI=1S/C15H16N6OS/c1-8-4-3-5-9(2)11(8)19-10(22)6-23-15-20-12-13(16)17-7-18-14(12)21-15/h3-5,7H,6H2,1-2H3,(H,19,22)(H3,16,17,18,20,21). The number of nitrogens with one attached hydrogen (secondary N) is 2. The second kappa shape index (κ2) is 6.25. The highest BCUT2D eigenvalue weighted by Gasteiger charge is 2.11. The zero-order chi connectivity index (χ0) is 16.4. The lowest BCUT2D eigenvalue weighted by molar-refractivity contribution is -0.113. The molecule has 1 aromatic carbocycles. The fourth-order valence-corrected chi connectivity index (χ4v) is 2.88. The summed E-state index contributed by atoms with van der Waals surface area (Å²) in [4.78, 5) is 27.4. The van der Waals surface area contributed by atoms with Crippen LogP contribution in [0.5, 0.6) is 0 Å². The van der Waals surface area contributed by atoms with Crippen molar-refractivity contribution < 1.29 is 4.79 Å². The second-order valence-electron chi connectivity index (χ2n) is 5.10. The number of hydrogen-bond acceptors (Lipinski definition) is 6. The van der Waals surface area contributed by atoms with Gasteiger partial charge in [-0.15, -0.1) is 0 Å². The van der Waals surface area contributed by atoms with Gasteiger partial charge in [0.15, 0.2) is 16.6 Å². The van der Waals surface area contributed by atoms with Crippen LogP contribution in [-0.2, 0) is 4.79 Å². The van der Waals surface area contributed by atoms with Gasteiger partial charge in [0.1, 0.15) is 11.8 Å². The van der Waals surface area contributed by atoms with E-state index < -0.39 is 0 Å². The Morgan fingerprint density at radius 1 is 1.30 bits per heavy atom. The lowest BCUT2D eigenvalue weighted by Gasteiger charge is -2.10. The maximum Gasteiger partial charge on any atom is 0.234 e. The molecule has 2 aromatic heterocycles. The Balaban J connectivity index is 1.67. The topological polar surface area (TPSA) is 110 Å². The average molecular weight is 328 g/mol. The number of para-hydroxylation sites is 1. The largest absolute Gasteiger partial charge is 0.382 e. The van der Waals surface area contributed by atoms with Crippen molar-refractivity contribution in [3.63, 3.8) is 0 Å². The first-order valence-electron chi connectivity index (χ1n) is 6.99. The number of H-pyrrole nitrogens is 1. The van der Waals surface area contributed by atoms with Gasteiger partial charge in [-0.05, 0) is 25.0 Å². The molecule has 0 aliphatic carbocycles. The number of rotatable bonds is 4. The third kappa shape index (κ3) is 3.26. The fourth-order valence-electron chi connectivity index (χ4n) is 2.21. The molecule has 4 N–H and O–H groups in total. The summed E-state index contributed by atoms with van der Waals surface area (Å²) in [5, 5.41) is 3.53. The maximum absolute atomic E-state index is 12.1. The molecule has 3 aromatic rings. The van der Waals surface area contributed by atoms with Gasteiger partial charge >= 0.3 is 0 Å². The van der Waals surface area contributed by atoms with Crippen LogP contribution < -0.4 is 11.1 Å². The number of nitrogens with zero attached hydrogens (tertiary/aromatic N) is 3. The molecule has 2 heterocycles. The quantitative estimate of drug-likeness (QED) is 0.634. The third-order valence-corrected chi connectivity index (χ3v) is 4.25. The first-order valence-corrected chi connectivity index (χ1v) is 7.98. The second-order valence-corrected chi connectivity index (χ2v) is 6.07. The number of carbonyl (C=O) groups excluding carboxylic acids is 1. The van der Waals surface area contributed by atoms with E-state index in [0.717, 1.165) is 16.8 Å². The van der Waals surface area contributed by atoms with Crippen molar-refractivity contribution in [3.05, 3.63) is 35.7 Å². The molecular formula is C15H16N6OS. The molecule has 8 heteroatoms. The summed E-state index contributed by atoms with van der Waals surface area (Å²) in [5.74, 6) is 0.488. The summed E-state index contributed by atoms with van der Waals surface area (Å²) in [7, 11) is 0. The molecule has 0 aliphatic heterocycles. The van der Waals surface area contributed by atoms with E-state index in [1.165, 1.54) is 18.1 Å². The molecule has 0 saturated heterocycles. The number of thioether (sulfide) groups is 1. The van der Waals surface area contributed by atoms with Crippen molar-refractivity contribution in [2.24, 2.45) is 0 Å². The Kier molecular flexibility index (Phi) is 4.16. The predicted octanol–water partition coefficient (Wildman–Crippen LogP) is 2.28. The molecule has 7 nitrogen and oxygen atoms in total. The van der Waals surface area contributed by atoms with E-state index in [4.69, 9.17) is 5.73 Å². The van der Waals surface area contributed by atoms with E-state index in [-0.39, 0.29) is 11.7 Å². The van der Waals surface area contributed by atoms with E-state index in [0.29, 0.717) is 22.1 Å². The van der Waals surface area contributed by atoms with E-state index >= 15 is 0 Å². The minimum Gasteiger partial charge on any atom is -0.382 e. The number of nitrogens with two attached hydrogens (primary N) is 1. The lowest BCUT2D eigenvalue weighted by Crippen LogP contribution is -2.15. The van der Waals surface area contributed by atoms with Gasteiger partial charge in [-0.3, -0.25) is 4.79 Å². The zero-order valence-corrected chi connectivity index (χ0v) is 13.6. The molecule has 0 unspecified atom stereocenters. The molecule has 0 saturated carbocycles. The van der Waals surface area contributed by atoms with Crippen molar-refractivity contribution in [1.82, 2.24) is 19.9 Å². The summed E-state index contributed by atoms with van der Waals surface area (Å²) in [6.45, 7) is 3.94. The summed E-state index contributed by atoms with van der Waals surface area (Å²) >= 11 is 1.29. The van der Waals surface area contributed by atoms with E-state index in [1.807, 2.05) is 32.0 Å². The van der Waals surface area contributed by atoms with Gasteiger partial charge in [-0.1, -0.05) is 30.0 Å². The summed E-state index contributed by atoms with van der Waals surface area (Å²) in [6, 6.07) is 5.90. The minimum absolute atomic E-state index is 0.0908. The lowest BCUT2D eigenvalue weighted by atomic mass is 10.1. The molecular weight excluding hydrogens is 312 g/mol. The first-order chi connectivity index (χ1) is 11.0. The van der Waals surface area contributed by atoms with Crippen molar-refractivity contribution >= 4 is 40.3 Å². The van der Waals surface area contributed by atoms with Gasteiger partial charge in [0.2, 0.25) is 5.91 Å². The van der Waals surface area contributed by atoms with Crippen LogP contribution >= 0.6 is 11.8 Å².